The van der Waals surface area contributed by atoms with Crippen molar-refractivity contribution in [3.63, 3.8) is 0 Å². The molecular weight excluding hydrogens is 326 g/mol. The molecule has 4 rings (SSSR count). The third-order valence-electron chi connectivity index (χ3n) is 4.88. The van der Waals surface area contributed by atoms with Crippen molar-refractivity contribution < 1.29 is 9.90 Å². The lowest BCUT2D eigenvalue weighted by Crippen LogP contribution is -2.27. The van der Waals surface area contributed by atoms with Gasteiger partial charge in [-0.2, -0.15) is 5.10 Å². The predicted molar refractivity (Wildman–Crippen MR) is 99.5 cm³/mol. The Labute approximate surface area is 152 Å². The van der Waals surface area contributed by atoms with Crippen LogP contribution in [0.2, 0.25) is 0 Å². The van der Waals surface area contributed by atoms with E-state index in [1.54, 1.807) is 24.1 Å². The number of phenolic OH excluding ortho intramolecular Hbond substituents is 1. The van der Waals surface area contributed by atoms with Gasteiger partial charge >= 0.3 is 0 Å². The Bertz CT molecular complexity index is 947. The summed E-state index contributed by atoms with van der Waals surface area (Å²) < 4.78 is 1.91. The Morgan fingerprint density at radius 2 is 1.85 bits per heavy atom. The molecule has 26 heavy (non-hydrogen) atoms. The van der Waals surface area contributed by atoms with Gasteiger partial charge in [-0.25, -0.2) is 4.68 Å². The van der Waals surface area contributed by atoms with Crippen molar-refractivity contribution in [2.24, 2.45) is 0 Å². The van der Waals surface area contributed by atoms with Crippen LogP contribution in [0.4, 0.5) is 0 Å². The standard InChI is InChI=1S/C21H21N3O2/c1-23(14-15-8-5-6-13-19(15)25)21(26)20-17-11-7-12-18(17)24(22-20)16-9-3-2-4-10-16/h2-6,8-10,13,25H,7,11-12,14H2,1H3. The average Bonchev–Trinajstić information content (AvgIpc) is 3.26. The summed E-state index contributed by atoms with van der Waals surface area (Å²) in [7, 11) is 1.75. The molecule has 5 heteroatoms. The third kappa shape index (κ3) is 2.86. The Hall–Kier alpha value is -3.08. The molecule has 132 valence electrons. The molecule has 0 aliphatic heterocycles. The maximum Gasteiger partial charge on any atom is 0.274 e. The molecule has 0 unspecified atom stereocenters. The lowest BCUT2D eigenvalue weighted by atomic mass is 10.1. The highest BCUT2D eigenvalue weighted by molar-refractivity contribution is 5.94. The van der Waals surface area contributed by atoms with E-state index in [1.165, 1.54) is 0 Å². The molecule has 1 heterocycles. The van der Waals surface area contributed by atoms with E-state index in [0.717, 1.165) is 41.8 Å². The lowest BCUT2D eigenvalue weighted by Gasteiger charge is -2.17. The Kier molecular flexibility index (Phi) is 4.21. The number of phenols is 1. The summed E-state index contributed by atoms with van der Waals surface area (Å²) in [4.78, 5) is 14.6. The summed E-state index contributed by atoms with van der Waals surface area (Å²) in [6, 6.07) is 17.0. The van der Waals surface area contributed by atoms with Crippen LogP contribution in [0.15, 0.2) is 54.6 Å². The predicted octanol–water partition coefficient (Wildman–Crippen LogP) is 3.34. The number of hydrogen-bond donors (Lipinski definition) is 1. The van der Waals surface area contributed by atoms with E-state index in [0.29, 0.717) is 12.2 Å². The van der Waals surface area contributed by atoms with Gasteiger partial charge in [-0.3, -0.25) is 4.79 Å². The molecular formula is C21H21N3O2. The van der Waals surface area contributed by atoms with Gasteiger partial charge in [0.05, 0.1) is 5.69 Å². The molecule has 0 spiro atoms. The van der Waals surface area contributed by atoms with E-state index in [9.17, 15) is 9.90 Å². The van der Waals surface area contributed by atoms with Crippen molar-refractivity contribution in [3.05, 3.63) is 77.1 Å². The maximum atomic E-state index is 13.0. The number of rotatable bonds is 4. The molecule has 1 aromatic heterocycles. The Morgan fingerprint density at radius 1 is 1.12 bits per heavy atom. The van der Waals surface area contributed by atoms with Crippen molar-refractivity contribution in [2.45, 2.75) is 25.8 Å². The summed E-state index contributed by atoms with van der Waals surface area (Å²) in [6.45, 7) is 0.346. The summed E-state index contributed by atoms with van der Waals surface area (Å²) in [5, 5.41) is 14.6. The van der Waals surface area contributed by atoms with Crippen molar-refractivity contribution >= 4 is 5.91 Å². The summed E-state index contributed by atoms with van der Waals surface area (Å²) in [5.41, 5.74) is 4.42. The molecule has 0 saturated carbocycles. The molecule has 1 amide bonds. The van der Waals surface area contributed by atoms with Crippen molar-refractivity contribution in [2.75, 3.05) is 7.05 Å². The number of amides is 1. The molecule has 5 nitrogen and oxygen atoms in total. The zero-order valence-corrected chi connectivity index (χ0v) is 14.7. The van der Waals surface area contributed by atoms with Gasteiger partial charge in [0, 0.05) is 30.4 Å². The molecule has 2 aromatic carbocycles. The van der Waals surface area contributed by atoms with E-state index in [-0.39, 0.29) is 11.7 Å². The van der Waals surface area contributed by atoms with Crippen molar-refractivity contribution in [1.29, 1.82) is 0 Å². The van der Waals surface area contributed by atoms with Gasteiger partial charge in [0.25, 0.3) is 5.91 Å². The van der Waals surface area contributed by atoms with Gasteiger partial charge in [0.1, 0.15) is 5.75 Å². The van der Waals surface area contributed by atoms with Crippen LogP contribution in [0, 0.1) is 0 Å². The van der Waals surface area contributed by atoms with Crippen LogP contribution in [0.25, 0.3) is 5.69 Å². The minimum absolute atomic E-state index is 0.110. The van der Waals surface area contributed by atoms with Gasteiger partial charge in [0.2, 0.25) is 0 Å². The van der Waals surface area contributed by atoms with E-state index in [2.05, 4.69) is 5.10 Å². The highest BCUT2D eigenvalue weighted by Gasteiger charge is 2.28. The fraction of sp³-hybridized carbons (Fsp3) is 0.238. The zero-order valence-electron chi connectivity index (χ0n) is 14.7. The third-order valence-corrected chi connectivity index (χ3v) is 4.88. The number of carbonyl (C=O) groups excluding carboxylic acids is 1. The molecule has 0 radical (unpaired) electrons. The first-order valence-corrected chi connectivity index (χ1v) is 8.83. The maximum absolute atomic E-state index is 13.0. The highest BCUT2D eigenvalue weighted by atomic mass is 16.3. The molecule has 1 N–H and O–H groups in total. The number of hydrogen-bond acceptors (Lipinski definition) is 3. The van der Waals surface area contributed by atoms with Crippen LogP contribution in [-0.2, 0) is 19.4 Å². The van der Waals surface area contributed by atoms with Crippen LogP contribution < -0.4 is 0 Å². The smallest absolute Gasteiger partial charge is 0.274 e. The van der Waals surface area contributed by atoms with Gasteiger partial charge in [-0.05, 0) is 37.5 Å². The monoisotopic (exact) mass is 347 g/mol. The van der Waals surface area contributed by atoms with Gasteiger partial charge in [0.15, 0.2) is 5.69 Å². The molecule has 0 fully saturated rings. The van der Waals surface area contributed by atoms with E-state index in [4.69, 9.17) is 0 Å². The number of aromatic hydroxyl groups is 1. The minimum atomic E-state index is -0.110. The van der Waals surface area contributed by atoms with Crippen LogP contribution in [0.1, 0.15) is 33.7 Å². The SMILES string of the molecule is CN(Cc1ccccc1O)C(=O)c1nn(-c2ccccc2)c2c1CCC2. The highest BCUT2D eigenvalue weighted by Crippen LogP contribution is 2.29. The quantitative estimate of drug-likeness (QED) is 0.787. The second kappa shape index (κ2) is 6.67. The van der Waals surface area contributed by atoms with Crippen molar-refractivity contribution in [1.82, 2.24) is 14.7 Å². The lowest BCUT2D eigenvalue weighted by molar-refractivity contribution is 0.0777. The van der Waals surface area contributed by atoms with E-state index in [1.807, 2.05) is 47.1 Å². The zero-order chi connectivity index (χ0) is 18.1. The van der Waals surface area contributed by atoms with Crippen LogP contribution >= 0.6 is 0 Å². The second-order valence-corrected chi connectivity index (χ2v) is 6.66. The summed E-state index contributed by atoms with van der Waals surface area (Å²) in [6.07, 6.45) is 2.87. The fourth-order valence-electron chi connectivity index (χ4n) is 3.54. The van der Waals surface area contributed by atoms with E-state index < -0.39 is 0 Å². The second-order valence-electron chi connectivity index (χ2n) is 6.66. The minimum Gasteiger partial charge on any atom is -0.508 e. The Morgan fingerprint density at radius 3 is 2.62 bits per heavy atom. The molecule has 0 bridgehead atoms. The van der Waals surface area contributed by atoms with Gasteiger partial charge in [-0.1, -0.05) is 36.4 Å². The Balaban J connectivity index is 1.65. The number of nitrogens with zero attached hydrogens (tertiary/aromatic N) is 3. The fourth-order valence-corrected chi connectivity index (χ4v) is 3.54. The van der Waals surface area contributed by atoms with E-state index >= 15 is 0 Å². The largest absolute Gasteiger partial charge is 0.508 e. The topological polar surface area (TPSA) is 58.4 Å². The molecule has 0 atom stereocenters. The van der Waals surface area contributed by atoms with Crippen LogP contribution in [0.3, 0.4) is 0 Å². The van der Waals surface area contributed by atoms with Crippen LogP contribution in [-0.4, -0.2) is 32.7 Å². The summed E-state index contributed by atoms with van der Waals surface area (Å²) in [5.74, 6) is 0.0910. The normalized spacial score (nSPS) is 12.8. The van der Waals surface area contributed by atoms with Crippen molar-refractivity contribution in [3.8, 4) is 11.4 Å². The average molecular weight is 347 g/mol. The number of fused-ring (bicyclic) bond motifs is 1. The van der Waals surface area contributed by atoms with Gasteiger partial charge < -0.3 is 10.0 Å². The molecule has 3 aromatic rings. The number of para-hydroxylation sites is 2. The van der Waals surface area contributed by atoms with Crippen LogP contribution in [0.5, 0.6) is 5.75 Å². The number of aromatic nitrogens is 2. The van der Waals surface area contributed by atoms with Gasteiger partial charge in [-0.15, -0.1) is 0 Å². The molecule has 1 aliphatic carbocycles. The summed E-state index contributed by atoms with van der Waals surface area (Å²) >= 11 is 0. The first-order valence-electron chi connectivity index (χ1n) is 8.83. The first-order chi connectivity index (χ1) is 12.6. The number of carbonyl (C=O) groups is 1. The molecule has 0 saturated heterocycles. The molecule has 1 aliphatic rings. The first kappa shape index (κ1) is 16.4. The number of benzene rings is 2.